The third kappa shape index (κ3) is 13.6. The molecule has 0 spiro atoms. The third-order valence-electron chi connectivity index (χ3n) is 7.98. The molecule has 0 saturated carbocycles. The number of aryl methyl sites for hydroxylation is 2. The van der Waals surface area contributed by atoms with Crippen LogP contribution in [0.4, 0.5) is 0 Å². The van der Waals surface area contributed by atoms with Gasteiger partial charge in [-0.1, -0.05) is 148 Å². The molecule has 0 aromatic heterocycles. The molecular formula is C34H56O3S. The quantitative estimate of drug-likeness (QED) is 0.112. The smallest absolute Gasteiger partial charge is 0.282 e. The van der Waals surface area contributed by atoms with E-state index < -0.39 is 10.1 Å². The maximum Gasteiger partial charge on any atom is 0.294 e. The molecule has 0 atom stereocenters. The van der Waals surface area contributed by atoms with Crippen molar-refractivity contribution in [1.29, 1.82) is 0 Å². The number of fused-ring (bicyclic) bond motifs is 1. The summed E-state index contributed by atoms with van der Waals surface area (Å²) in [5.74, 6) is 0. The summed E-state index contributed by atoms with van der Waals surface area (Å²) < 4.78 is 34.3. The molecule has 0 bridgehead atoms. The molecule has 38 heavy (non-hydrogen) atoms. The first kappa shape index (κ1) is 32.8. The Kier molecular flexibility index (Phi) is 17.0. The lowest BCUT2D eigenvalue weighted by Crippen LogP contribution is -2.04. The fourth-order valence-electron chi connectivity index (χ4n) is 5.58. The maximum absolute atomic E-state index is 12.2. The lowest BCUT2D eigenvalue weighted by atomic mass is 9.98. The van der Waals surface area contributed by atoms with Gasteiger partial charge in [0.2, 0.25) is 0 Å². The van der Waals surface area contributed by atoms with E-state index >= 15 is 0 Å². The molecule has 2 rings (SSSR count). The third-order valence-corrected chi connectivity index (χ3v) is 8.92. The first-order valence-corrected chi connectivity index (χ1v) is 17.4. The molecule has 1 N–H and O–H groups in total. The van der Waals surface area contributed by atoms with Crippen LogP contribution in [-0.4, -0.2) is 13.0 Å². The molecule has 0 radical (unpaired) electrons. The Morgan fingerprint density at radius 3 is 1.45 bits per heavy atom. The number of benzene rings is 2. The minimum Gasteiger partial charge on any atom is -0.282 e. The van der Waals surface area contributed by atoms with Crippen molar-refractivity contribution in [1.82, 2.24) is 0 Å². The highest BCUT2D eigenvalue weighted by molar-refractivity contribution is 7.85. The summed E-state index contributed by atoms with van der Waals surface area (Å²) in [7, 11) is -4.24. The molecule has 0 fully saturated rings. The van der Waals surface area contributed by atoms with Gasteiger partial charge in [-0.05, 0) is 59.7 Å². The van der Waals surface area contributed by atoms with Gasteiger partial charge in [0.05, 0.1) is 4.90 Å². The zero-order valence-electron chi connectivity index (χ0n) is 24.6. The van der Waals surface area contributed by atoms with E-state index in [0.29, 0.717) is 6.42 Å². The Labute approximate surface area is 235 Å². The fraction of sp³-hybridized carbons (Fsp3) is 0.706. The van der Waals surface area contributed by atoms with Crippen molar-refractivity contribution >= 4 is 20.9 Å². The average Bonchev–Trinajstić information content (AvgIpc) is 2.89. The molecule has 0 aliphatic carbocycles. The Morgan fingerprint density at radius 1 is 0.526 bits per heavy atom. The largest absolute Gasteiger partial charge is 0.294 e. The number of unbranched alkanes of at least 4 members (excludes halogenated alkanes) is 18. The molecule has 0 saturated heterocycles. The zero-order chi connectivity index (χ0) is 27.5. The van der Waals surface area contributed by atoms with Crippen LogP contribution in [0.25, 0.3) is 10.8 Å². The van der Waals surface area contributed by atoms with E-state index in [9.17, 15) is 13.0 Å². The highest BCUT2D eigenvalue weighted by Gasteiger charge is 2.16. The molecule has 216 valence electrons. The van der Waals surface area contributed by atoms with Gasteiger partial charge in [0.1, 0.15) is 0 Å². The van der Waals surface area contributed by atoms with Crippen molar-refractivity contribution in [2.45, 2.75) is 160 Å². The van der Waals surface area contributed by atoms with Crippen LogP contribution in [0, 0.1) is 0 Å². The number of rotatable bonds is 23. The second-order valence-electron chi connectivity index (χ2n) is 11.5. The summed E-state index contributed by atoms with van der Waals surface area (Å²) in [5.41, 5.74) is 2.00. The second kappa shape index (κ2) is 19.6. The van der Waals surface area contributed by atoms with E-state index in [1.54, 1.807) is 6.07 Å². The van der Waals surface area contributed by atoms with Gasteiger partial charge < -0.3 is 0 Å². The maximum atomic E-state index is 12.2. The first-order chi connectivity index (χ1) is 18.5. The Bertz CT molecular complexity index is 996. The lowest BCUT2D eigenvalue weighted by molar-refractivity contribution is 0.481. The molecule has 0 aliphatic heterocycles. The average molecular weight is 545 g/mol. The van der Waals surface area contributed by atoms with E-state index in [0.717, 1.165) is 35.6 Å². The monoisotopic (exact) mass is 544 g/mol. The molecule has 4 heteroatoms. The van der Waals surface area contributed by atoms with Gasteiger partial charge in [0.15, 0.2) is 0 Å². The Balaban J connectivity index is 1.79. The second-order valence-corrected chi connectivity index (χ2v) is 12.9. The standard InChI is InChI=1S/C34H56O3S/c1-3-5-7-9-11-13-15-17-19-21-23-30-25-26-31-28-32(34(38(35,36)37)29-33(31)27-30)24-22-20-18-16-14-12-10-8-6-4-2/h25-29H,3-24H2,1-2H3,(H,35,36,37). The van der Waals surface area contributed by atoms with Crippen LogP contribution in [0.1, 0.15) is 153 Å². The van der Waals surface area contributed by atoms with Gasteiger partial charge >= 0.3 is 0 Å². The van der Waals surface area contributed by atoms with E-state index in [1.807, 2.05) is 6.07 Å². The van der Waals surface area contributed by atoms with Crippen LogP contribution in [0.15, 0.2) is 35.2 Å². The van der Waals surface area contributed by atoms with Crippen LogP contribution in [-0.2, 0) is 23.0 Å². The fourth-order valence-corrected chi connectivity index (χ4v) is 6.35. The highest BCUT2D eigenvalue weighted by atomic mass is 32.2. The minimum absolute atomic E-state index is 0.0945. The summed E-state index contributed by atoms with van der Waals surface area (Å²) in [5, 5.41) is 1.97. The number of hydrogen-bond acceptors (Lipinski definition) is 2. The first-order valence-electron chi connectivity index (χ1n) is 16.0. The summed E-state index contributed by atoms with van der Waals surface area (Å²) in [6.07, 6.45) is 27.5. The predicted molar refractivity (Wildman–Crippen MR) is 165 cm³/mol. The van der Waals surface area contributed by atoms with E-state index in [2.05, 4.69) is 32.0 Å². The molecule has 0 amide bonds. The van der Waals surface area contributed by atoms with Gasteiger partial charge in [-0.2, -0.15) is 8.42 Å². The summed E-state index contributed by atoms with van der Waals surface area (Å²) in [6, 6.07) is 10.1. The number of hydrogen-bond donors (Lipinski definition) is 1. The lowest BCUT2D eigenvalue weighted by Gasteiger charge is -2.11. The van der Waals surface area contributed by atoms with E-state index in [-0.39, 0.29) is 4.90 Å². The van der Waals surface area contributed by atoms with Crippen LogP contribution in [0.5, 0.6) is 0 Å². The molecule has 2 aromatic rings. The van der Waals surface area contributed by atoms with E-state index in [4.69, 9.17) is 0 Å². The molecule has 3 nitrogen and oxygen atoms in total. The van der Waals surface area contributed by atoms with Crippen molar-refractivity contribution in [3.63, 3.8) is 0 Å². The summed E-state index contributed by atoms with van der Waals surface area (Å²) in [6.45, 7) is 4.51. The van der Waals surface area contributed by atoms with Gasteiger partial charge in [-0.25, -0.2) is 0 Å². The minimum atomic E-state index is -4.24. The van der Waals surface area contributed by atoms with Gasteiger partial charge in [-0.3, -0.25) is 4.55 Å². The van der Waals surface area contributed by atoms with Gasteiger partial charge in [0, 0.05) is 0 Å². The van der Waals surface area contributed by atoms with Crippen molar-refractivity contribution in [2.75, 3.05) is 0 Å². The van der Waals surface area contributed by atoms with Gasteiger partial charge in [-0.15, -0.1) is 0 Å². The highest BCUT2D eigenvalue weighted by Crippen LogP contribution is 2.27. The Morgan fingerprint density at radius 2 is 0.974 bits per heavy atom. The molecule has 0 heterocycles. The Hall–Kier alpha value is -1.39. The van der Waals surface area contributed by atoms with Crippen molar-refractivity contribution in [3.8, 4) is 0 Å². The summed E-state index contributed by atoms with van der Waals surface area (Å²) in [4.78, 5) is 0.0945. The van der Waals surface area contributed by atoms with Crippen LogP contribution < -0.4 is 0 Å². The van der Waals surface area contributed by atoms with Crippen molar-refractivity contribution in [2.24, 2.45) is 0 Å². The summed E-state index contributed by atoms with van der Waals surface area (Å²) >= 11 is 0. The van der Waals surface area contributed by atoms with Crippen LogP contribution in [0.2, 0.25) is 0 Å². The molecule has 0 aliphatic rings. The molecular weight excluding hydrogens is 488 g/mol. The van der Waals surface area contributed by atoms with Crippen LogP contribution in [0.3, 0.4) is 0 Å². The van der Waals surface area contributed by atoms with Crippen molar-refractivity contribution in [3.05, 3.63) is 41.5 Å². The van der Waals surface area contributed by atoms with Crippen molar-refractivity contribution < 1.29 is 13.0 Å². The SMILES string of the molecule is CCCCCCCCCCCCc1ccc2cc(CCCCCCCCCCCC)c(S(=O)(=O)O)cc2c1. The predicted octanol–water partition coefficient (Wildman–Crippen LogP) is 11.0. The topological polar surface area (TPSA) is 54.4 Å². The molecule has 2 aromatic carbocycles. The van der Waals surface area contributed by atoms with E-state index in [1.165, 1.54) is 121 Å². The zero-order valence-corrected chi connectivity index (χ0v) is 25.4. The van der Waals surface area contributed by atoms with Gasteiger partial charge in [0.25, 0.3) is 10.1 Å². The molecule has 0 unspecified atom stereocenters. The van der Waals surface area contributed by atoms with Crippen LogP contribution >= 0.6 is 0 Å². The normalized spacial score (nSPS) is 12.0.